The molecule has 2 rings (SSSR count). The molecular formula is C14H27NO. The third-order valence-electron chi connectivity index (χ3n) is 4.62. The molecule has 1 N–H and O–H groups in total. The molecule has 0 amide bonds. The molecule has 2 heteroatoms. The average molecular weight is 225 g/mol. The SMILES string of the molecule is CCC1CCC(O)C(N2CCCC(C)C2)C1. The molecule has 0 aromatic heterocycles. The zero-order chi connectivity index (χ0) is 11.5. The Morgan fingerprint density at radius 2 is 2.06 bits per heavy atom. The first-order valence-electron chi connectivity index (χ1n) is 7.12. The molecule has 2 aliphatic rings. The summed E-state index contributed by atoms with van der Waals surface area (Å²) < 4.78 is 0. The maximum Gasteiger partial charge on any atom is 0.0695 e. The van der Waals surface area contributed by atoms with Gasteiger partial charge in [0, 0.05) is 12.6 Å². The van der Waals surface area contributed by atoms with Gasteiger partial charge >= 0.3 is 0 Å². The number of aliphatic hydroxyl groups is 1. The third-order valence-corrected chi connectivity index (χ3v) is 4.62. The van der Waals surface area contributed by atoms with E-state index in [4.69, 9.17) is 0 Å². The van der Waals surface area contributed by atoms with E-state index in [9.17, 15) is 5.11 Å². The van der Waals surface area contributed by atoms with E-state index in [-0.39, 0.29) is 6.10 Å². The van der Waals surface area contributed by atoms with Crippen LogP contribution in [0.15, 0.2) is 0 Å². The molecule has 1 saturated heterocycles. The molecule has 1 saturated carbocycles. The quantitative estimate of drug-likeness (QED) is 0.781. The number of likely N-dealkylation sites (tertiary alicyclic amines) is 1. The van der Waals surface area contributed by atoms with Crippen molar-refractivity contribution in [3.8, 4) is 0 Å². The van der Waals surface area contributed by atoms with Crippen molar-refractivity contribution in [2.75, 3.05) is 13.1 Å². The summed E-state index contributed by atoms with van der Waals surface area (Å²) in [7, 11) is 0. The van der Waals surface area contributed by atoms with Crippen molar-refractivity contribution in [3.63, 3.8) is 0 Å². The van der Waals surface area contributed by atoms with Crippen molar-refractivity contribution in [2.24, 2.45) is 11.8 Å². The van der Waals surface area contributed by atoms with E-state index in [1.54, 1.807) is 0 Å². The predicted molar refractivity (Wildman–Crippen MR) is 67.4 cm³/mol. The zero-order valence-corrected chi connectivity index (χ0v) is 10.9. The van der Waals surface area contributed by atoms with E-state index in [0.29, 0.717) is 6.04 Å². The molecule has 2 fully saturated rings. The molecule has 0 bridgehead atoms. The second-order valence-electron chi connectivity index (χ2n) is 5.96. The highest BCUT2D eigenvalue weighted by molar-refractivity contribution is 4.88. The molecule has 0 aromatic rings. The standard InChI is InChI=1S/C14H27NO/c1-3-12-6-7-14(16)13(9-12)15-8-4-5-11(2)10-15/h11-14,16H,3-10H2,1-2H3. The first-order valence-corrected chi connectivity index (χ1v) is 7.12. The normalized spacial score (nSPS) is 42.2. The van der Waals surface area contributed by atoms with Crippen LogP contribution in [0.5, 0.6) is 0 Å². The Morgan fingerprint density at radius 3 is 2.75 bits per heavy atom. The fourth-order valence-electron chi connectivity index (χ4n) is 3.51. The Hall–Kier alpha value is -0.0800. The molecule has 0 radical (unpaired) electrons. The van der Waals surface area contributed by atoms with E-state index in [2.05, 4.69) is 18.7 Å². The smallest absolute Gasteiger partial charge is 0.0695 e. The van der Waals surface area contributed by atoms with Gasteiger partial charge in [-0.1, -0.05) is 20.3 Å². The molecule has 2 nitrogen and oxygen atoms in total. The summed E-state index contributed by atoms with van der Waals surface area (Å²) in [4.78, 5) is 2.57. The topological polar surface area (TPSA) is 23.5 Å². The molecule has 94 valence electrons. The molecule has 4 atom stereocenters. The lowest BCUT2D eigenvalue weighted by Gasteiger charge is -2.43. The Kier molecular flexibility index (Phi) is 4.26. The third kappa shape index (κ3) is 2.78. The first-order chi connectivity index (χ1) is 7.70. The molecule has 0 aromatic carbocycles. The van der Waals surface area contributed by atoms with Crippen LogP contribution in [-0.2, 0) is 0 Å². The Bertz CT molecular complexity index is 219. The van der Waals surface area contributed by atoms with E-state index in [0.717, 1.165) is 18.3 Å². The maximum absolute atomic E-state index is 10.2. The lowest BCUT2D eigenvalue weighted by Crippen LogP contribution is -2.50. The minimum absolute atomic E-state index is 0.0619. The Morgan fingerprint density at radius 1 is 1.25 bits per heavy atom. The summed E-state index contributed by atoms with van der Waals surface area (Å²) in [5.74, 6) is 1.67. The number of piperidine rings is 1. The van der Waals surface area contributed by atoms with Crippen molar-refractivity contribution in [1.82, 2.24) is 4.90 Å². The van der Waals surface area contributed by atoms with Crippen molar-refractivity contribution >= 4 is 0 Å². The number of aliphatic hydroxyl groups excluding tert-OH is 1. The highest BCUT2D eigenvalue weighted by atomic mass is 16.3. The Balaban J connectivity index is 1.94. The van der Waals surface area contributed by atoms with Gasteiger partial charge in [-0.25, -0.2) is 0 Å². The van der Waals surface area contributed by atoms with E-state index < -0.39 is 0 Å². The molecule has 16 heavy (non-hydrogen) atoms. The van der Waals surface area contributed by atoms with Gasteiger partial charge in [-0.15, -0.1) is 0 Å². The van der Waals surface area contributed by atoms with Gasteiger partial charge in [-0.2, -0.15) is 0 Å². The van der Waals surface area contributed by atoms with Gasteiger partial charge in [-0.05, 0) is 50.5 Å². The van der Waals surface area contributed by atoms with Crippen LogP contribution in [0.4, 0.5) is 0 Å². The van der Waals surface area contributed by atoms with Crippen LogP contribution in [0.1, 0.15) is 52.4 Å². The van der Waals surface area contributed by atoms with Crippen LogP contribution < -0.4 is 0 Å². The summed E-state index contributed by atoms with van der Waals surface area (Å²) in [5.41, 5.74) is 0. The van der Waals surface area contributed by atoms with Crippen LogP contribution in [-0.4, -0.2) is 35.2 Å². The number of hydrogen-bond acceptors (Lipinski definition) is 2. The fraction of sp³-hybridized carbons (Fsp3) is 1.00. The molecule has 1 aliphatic carbocycles. The van der Waals surface area contributed by atoms with Crippen LogP contribution in [0, 0.1) is 11.8 Å². The first kappa shape index (κ1) is 12.4. The van der Waals surface area contributed by atoms with E-state index in [1.807, 2.05) is 0 Å². The average Bonchev–Trinajstić information content (AvgIpc) is 2.30. The largest absolute Gasteiger partial charge is 0.391 e. The number of nitrogens with zero attached hydrogens (tertiary/aromatic N) is 1. The van der Waals surface area contributed by atoms with Gasteiger partial charge in [0.05, 0.1) is 6.10 Å². The molecular weight excluding hydrogens is 198 g/mol. The summed E-state index contributed by atoms with van der Waals surface area (Å²) >= 11 is 0. The van der Waals surface area contributed by atoms with Gasteiger partial charge in [-0.3, -0.25) is 4.90 Å². The minimum atomic E-state index is -0.0619. The van der Waals surface area contributed by atoms with E-state index in [1.165, 1.54) is 45.2 Å². The lowest BCUT2D eigenvalue weighted by atomic mass is 9.80. The molecule has 4 unspecified atom stereocenters. The summed E-state index contributed by atoms with van der Waals surface area (Å²) in [6.07, 6.45) is 7.40. The van der Waals surface area contributed by atoms with Gasteiger partial charge in [0.25, 0.3) is 0 Å². The van der Waals surface area contributed by atoms with Crippen LogP contribution in [0.25, 0.3) is 0 Å². The van der Waals surface area contributed by atoms with Crippen molar-refractivity contribution in [1.29, 1.82) is 0 Å². The summed E-state index contributed by atoms with van der Waals surface area (Å²) in [5, 5.41) is 10.2. The lowest BCUT2D eigenvalue weighted by molar-refractivity contribution is -0.0132. The summed E-state index contributed by atoms with van der Waals surface area (Å²) in [6, 6.07) is 0.460. The van der Waals surface area contributed by atoms with Gasteiger partial charge in [0.1, 0.15) is 0 Å². The monoisotopic (exact) mass is 225 g/mol. The zero-order valence-electron chi connectivity index (χ0n) is 10.9. The van der Waals surface area contributed by atoms with Crippen LogP contribution in [0.3, 0.4) is 0 Å². The maximum atomic E-state index is 10.2. The highest BCUT2D eigenvalue weighted by Crippen LogP contribution is 2.32. The predicted octanol–water partition coefficient (Wildman–Crippen LogP) is 2.66. The Labute approximate surface area is 100 Å². The number of rotatable bonds is 2. The van der Waals surface area contributed by atoms with Crippen molar-refractivity contribution in [2.45, 2.75) is 64.5 Å². The van der Waals surface area contributed by atoms with Crippen molar-refractivity contribution in [3.05, 3.63) is 0 Å². The van der Waals surface area contributed by atoms with Crippen LogP contribution in [0.2, 0.25) is 0 Å². The van der Waals surface area contributed by atoms with E-state index >= 15 is 0 Å². The summed E-state index contributed by atoms with van der Waals surface area (Å²) in [6.45, 7) is 7.05. The second-order valence-corrected chi connectivity index (χ2v) is 5.96. The highest BCUT2D eigenvalue weighted by Gasteiger charge is 2.34. The fourth-order valence-corrected chi connectivity index (χ4v) is 3.51. The molecule has 1 heterocycles. The van der Waals surface area contributed by atoms with Gasteiger partial charge < -0.3 is 5.11 Å². The second kappa shape index (κ2) is 5.50. The minimum Gasteiger partial charge on any atom is -0.391 e. The van der Waals surface area contributed by atoms with Gasteiger partial charge in [0.15, 0.2) is 0 Å². The molecule has 0 spiro atoms. The van der Waals surface area contributed by atoms with Crippen LogP contribution >= 0.6 is 0 Å². The van der Waals surface area contributed by atoms with Crippen molar-refractivity contribution < 1.29 is 5.11 Å². The molecule has 1 aliphatic heterocycles. The number of hydrogen-bond donors (Lipinski definition) is 1. The van der Waals surface area contributed by atoms with Gasteiger partial charge in [0.2, 0.25) is 0 Å².